The predicted octanol–water partition coefficient (Wildman–Crippen LogP) is 4.92. The lowest BCUT2D eigenvalue weighted by Gasteiger charge is -2.11. The number of rotatable bonds is 8. The third-order valence-electron chi connectivity index (χ3n) is 4.56. The lowest BCUT2D eigenvalue weighted by molar-refractivity contribution is -0.129. The highest BCUT2D eigenvalue weighted by Gasteiger charge is 2.11. The number of hydrogen-bond donors (Lipinski definition) is 3. The van der Waals surface area contributed by atoms with Crippen LogP contribution in [0.3, 0.4) is 0 Å². The smallest absolute Gasteiger partial charge is 0.243 e. The summed E-state index contributed by atoms with van der Waals surface area (Å²) in [6, 6.07) is 15.9. The maximum absolute atomic E-state index is 11.0. The minimum atomic E-state index is -0.573. The van der Waals surface area contributed by atoms with E-state index in [9.17, 15) is 9.90 Å². The first kappa shape index (κ1) is 19.5. The number of nitrogens with one attached hydrogen (secondary N) is 1. The fourth-order valence-electron chi connectivity index (χ4n) is 3.01. The molecule has 2 aromatic carbocycles. The van der Waals surface area contributed by atoms with Gasteiger partial charge in [-0.2, -0.15) is 0 Å². The Balaban J connectivity index is 1.63. The van der Waals surface area contributed by atoms with Crippen molar-refractivity contribution in [2.75, 3.05) is 6.26 Å². The average molecular weight is 385 g/mol. The highest BCUT2D eigenvalue weighted by molar-refractivity contribution is 7.98. The molecule has 0 bridgehead atoms. The maximum Gasteiger partial charge on any atom is 0.243 e. The number of amides is 1. The molecule has 1 heterocycles. The fraction of sp³-hybridized carbons (Fsp3) is 0.286. The largest absolute Gasteiger partial charge is 0.456 e. The standard InChI is InChI=1S/C21H23NO4S/c1-27-17-10-11-19-16(12-17)13-20(26-19)15-8-6-14(7-9-15)18(23)4-2-3-5-21(24)22-25/h6-13,18,23,25H,2-5H2,1H3,(H,22,24)/t18-/m1/s1. The molecular formula is C21H23NO4S. The number of aliphatic hydroxyl groups excluding tert-OH is 1. The van der Waals surface area contributed by atoms with Gasteiger partial charge in [0.2, 0.25) is 5.91 Å². The van der Waals surface area contributed by atoms with E-state index in [1.54, 1.807) is 17.2 Å². The average Bonchev–Trinajstić information content (AvgIpc) is 3.14. The van der Waals surface area contributed by atoms with Gasteiger partial charge >= 0.3 is 0 Å². The SMILES string of the molecule is CSc1ccc2oc(-c3ccc([C@H](O)CCCCC(=O)NO)cc3)cc2c1. The predicted molar refractivity (Wildman–Crippen MR) is 107 cm³/mol. The molecule has 1 aromatic heterocycles. The van der Waals surface area contributed by atoms with E-state index in [1.807, 2.05) is 48.7 Å². The molecule has 0 fully saturated rings. The summed E-state index contributed by atoms with van der Waals surface area (Å²) >= 11 is 1.70. The minimum absolute atomic E-state index is 0.256. The van der Waals surface area contributed by atoms with Crippen LogP contribution in [0.1, 0.15) is 37.4 Å². The van der Waals surface area contributed by atoms with Gasteiger partial charge in [-0.05, 0) is 48.9 Å². The third-order valence-corrected chi connectivity index (χ3v) is 5.28. The van der Waals surface area contributed by atoms with Crippen molar-refractivity contribution in [1.82, 2.24) is 5.48 Å². The Morgan fingerprint density at radius 1 is 1.15 bits per heavy atom. The summed E-state index contributed by atoms with van der Waals surface area (Å²) < 4.78 is 5.94. The number of hydrogen-bond acceptors (Lipinski definition) is 5. The highest BCUT2D eigenvalue weighted by Crippen LogP contribution is 2.31. The van der Waals surface area contributed by atoms with Gasteiger partial charge in [-0.25, -0.2) is 5.48 Å². The number of hydroxylamine groups is 1. The van der Waals surface area contributed by atoms with Gasteiger partial charge in [0.15, 0.2) is 0 Å². The first-order chi connectivity index (χ1) is 13.1. The van der Waals surface area contributed by atoms with E-state index in [-0.39, 0.29) is 6.42 Å². The van der Waals surface area contributed by atoms with Gasteiger partial charge in [0.05, 0.1) is 6.10 Å². The number of carbonyl (C=O) groups excluding carboxylic acids is 1. The van der Waals surface area contributed by atoms with Crippen LogP contribution < -0.4 is 5.48 Å². The molecule has 0 unspecified atom stereocenters. The van der Waals surface area contributed by atoms with E-state index >= 15 is 0 Å². The van der Waals surface area contributed by atoms with Crippen LogP contribution in [-0.4, -0.2) is 22.5 Å². The molecule has 0 radical (unpaired) electrons. The normalized spacial score (nSPS) is 12.3. The molecule has 0 aliphatic carbocycles. The van der Waals surface area contributed by atoms with Crippen LogP contribution in [0, 0.1) is 0 Å². The quantitative estimate of drug-likeness (QED) is 0.222. The minimum Gasteiger partial charge on any atom is -0.456 e. The monoisotopic (exact) mass is 385 g/mol. The molecule has 0 saturated heterocycles. The zero-order chi connectivity index (χ0) is 19.2. The summed E-state index contributed by atoms with van der Waals surface area (Å²) in [7, 11) is 0. The molecule has 142 valence electrons. The number of unbranched alkanes of at least 4 members (excludes halogenated alkanes) is 1. The van der Waals surface area contributed by atoms with E-state index in [2.05, 4.69) is 6.07 Å². The topological polar surface area (TPSA) is 82.7 Å². The van der Waals surface area contributed by atoms with Crippen LogP contribution >= 0.6 is 11.8 Å². The Kier molecular flexibility index (Phi) is 6.55. The first-order valence-corrected chi connectivity index (χ1v) is 10.1. The number of benzene rings is 2. The highest BCUT2D eigenvalue weighted by atomic mass is 32.2. The summed E-state index contributed by atoms with van der Waals surface area (Å²) in [4.78, 5) is 12.2. The molecule has 0 spiro atoms. The van der Waals surface area contributed by atoms with E-state index in [4.69, 9.17) is 9.62 Å². The molecule has 1 atom stereocenters. The molecule has 6 heteroatoms. The fourth-order valence-corrected chi connectivity index (χ4v) is 3.45. The number of carbonyl (C=O) groups is 1. The second-order valence-corrected chi connectivity index (χ2v) is 7.31. The van der Waals surface area contributed by atoms with Crippen molar-refractivity contribution in [2.24, 2.45) is 0 Å². The van der Waals surface area contributed by atoms with Crippen LogP contribution in [0.2, 0.25) is 0 Å². The molecule has 3 rings (SSSR count). The van der Waals surface area contributed by atoms with E-state index in [0.29, 0.717) is 19.3 Å². The van der Waals surface area contributed by atoms with Crippen molar-refractivity contribution in [3.8, 4) is 11.3 Å². The van der Waals surface area contributed by atoms with Gasteiger partial charge in [-0.1, -0.05) is 30.7 Å². The van der Waals surface area contributed by atoms with Crippen molar-refractivity contribution in [3.63, 3.8) is 0 Å². The number of fused-ring (bicyclic) bond motifs is 1. The molecule has 0 saturated carbocycles. The van der Waals surface area contributed by atoms with Crippen LogP contribution in [0.25, 0.3) is 22.3 Å². The van der Waals surface area contributed by atoms with Gasteiger partial charge in [-0.15, -0.1) is 11.8 Å². The second kappa shape index (κ2) is 9.08. The van der Waals surface area contributed by atoms with Crippen LogP contribution in [-0.2, 0) is 4.79 Å². The number of furan rings is 1. The summed E-state index contributed by atoms with van der Waals surface area (Å²) in [6.45, 7) is 0. The zero-order valence-corrected chi connectivity index (χ0v) is 16.0. The van der Waals surface area contributed by atoms with Gasteiger partial charge in [0.1, 0.15) is 11.3 Å². The molecule has 3 N–H and O–H groups in total. The van der Waals surface area contributed by atoms with E-state index in [0.717, 1.165) is 27.9 Å². The molecule has 5 nitrogen and oxygen atoms in total. The Morgan fingerprint density at radius 3 is 2.63 bits per heavy atom. The Labute approximate surface area is 162 Å². The lowest BCUT2D eigenvalue weighted by Crippen LogP contribution is -2.17. The molecule has 0 aliphatic heterocycles. The van der Waals surface area contributed by atoms with Gasteiger partial charge < -0.3 is 9.52 Å². The molecule has 27 heavy (non-hydrogen) atoms. The summed E-state index contributed by atoms with van der Waals surface area (Å²) in [5, 5.41) is 19.8. The summed E-state index contributed by atoms with van der Waals surface area (Å²) in [5.41, 5.74) is 4.28. The van der Waals surface area contributed by atoms with Gasteiger partial charge in [-0.3, -0.25) is 10.0 Å². The van der Waals surface area contributed by atoms with E-state index in [1.165, 1.54) is 4.90 Å². The lowest BCUT2D eigenvalue weighted by atomic mass is 10.0. The number of thioether (sulfide) groups is 1. The summed E-state index contributed by atoms with van der Waals surface area (Å²) in [6.07, 6.45) is 3.63. The van der Waals surface area contributed by atoms with Crippen molar-refractivity contribution in [1.29, 1.82) is 0 Å². The van der Waals surface area contributed by atoms with Crippen molar-refractivity contribution < 1.29 is 19.5 Å². The van der Waals surface area contributed by atoms with Gasteiger partial charge in [0.25, 0.3) is 0 Å². The number of aliphatic hydroxyl groups is 1. The van der Waals surface area contributed by atoms with Crippen molar-refractivity contribution >= 4 is 28.6 Å². The van der Waals surface area contributed by atoms with E-state index < -0.39 is 12.0 Å². The van der Waals surface area contributed by atoms with Crippen LogP contribution in [0.15, 0.2) is 57.8 Å². The maximum atomic E-state index is 11.0. The Bertz CT molecular complexity index is 904. The molecular weight excluding hydrogens is 362 g/mol. The third kappa shape index (κ3) is 4.91. The van der Waals surface area contributed by atoms with Gasteiger partial charge in [0, 0.05) is 22.3 Å². The first-order valence-electron chi connectivity index (χ1n) is 8.89. The Hall–Kier alpha value is -2.28. The summed E-state index contributed by atoms with van der Waals surface area (Å²) in [5.74, 6) is 0.406. The van der Waals surface area contributed by atoms with Crippen molar-refractivity contribution in [2.45, 2.75) is 36.7 Å². The molecule has 1 amide bonds. The zero-order valence-electron chi connectivity index (χ0n) is 15.1. The van der Waals surface area contributed by atoms with Crippen LogP contribution in [0.5, 0.6) is 0 Å². The van der Waals surface area contributed by atoms with Crippen LogP contribution in [0.4, 0.5) is 0 Å². The second-order valence-electron chi connectivity index (χ2n) is 6.43. The molecule has 3 aromatic rings. The van der Waals surface area contributed by atoms with Crippen molar-refractivity contribution in [3.05, 3.63) is 54.1 Å². The Morgan fingerprint density at radius 2 is 1.93 bits per heavy atom. The molecule has 0 aliphatic rings.